The first-order chi connectivity index (χ1) is 15.5. The lowest BCUT2D eigenvalue weighted by Crippen LogP contribution is -1.78. The Balaban J connectivity index is 0.000000153. The smallest absolute Gasteiger partial charge is 0.0253 e. The highest BCUT2D eigenvalue weighted by Gasteiger charge is 2.03. The minimum absolute atomic E-state index is 1.10. The van der Waals surface area contributed by atoms with Crippen LogP contribution in [0.5, 0.6) is 0 Å². The van der Waals surface area contributed by atoms with Gasteiger partial charge in [-0.25, -0.2) is 0 Å². The van der Waals surface area contributed by atoms with E-state index in [-0.39, 0.29) is 0 Å². The SMILES string of the molecule is Brc1ccc(/C=C/c2ccccc2Br)cc1.Brc1ccc2ccc3c(Br)cccc3c2c1. The predicted octanol–water partition coefficient (Wildman–Crippen LogP) is 10.9. The van der Waals surface area contributed by atoms with Gasteiger partial charge in [0.25, 0.3) is 0 Å². The molecule has 0 spiro atoms. The van der Waals surface area contributed by atoms with Crippen LogP contribution < -0.4 is 0 Å². The van der Waals surface area contributed by atoms with Gasteiger partial charge in [-0.15, -0.1) is 0 Å². The van der Waals surface area contributed by atoms with Crippen molar-refractivity contribution in [2.75, 3.05) is 0 Å². The lowest BCUT2D eigenvalue weighted by Gasteiger charge is -2.05. The largest absolute Gasteiger partial charge is 0.0616 e. The summed E-state index contributed by atoms with van der Waals surface area (Å²) in [7, 11) is 0. The van der Waals surface area contributed by atoms with Crippen LogP contribution in [-0.4, -0.2) is 0 Å². The fourth-order valence-corrected chi connectivity index (χ4v) is 4.93. The molecule has 0 aromatic heterocycles. The maximum atomic E-state index is 3.59. The Morgan fingerprint density at radius 2 is 1.16 bits per heavy atom. The summed E-state index contributed by atoms with van der Waals surface area (Å²) in [5.41, 5.74) is 2.38. The third kappa shape index (κ3) is 5.79. The van der Waals surface area contributed by atoms with E-state index in [1.165, 1.54) is 32.7 Å². The third-order valence-corrected chi connectivity index (χ3v) is 7.45. The van der Waals surface area contributed by atoms with Crippen LogP contribution in [0, 0.1) is 0 Å². The van der Waals surface area contributed by atoms with Crippen molar-refractivity contribution in [3.05, 3.63) is 126 Å². The van der Waals surface area contributed by atoms with Crippen molar-refractivity contribution >= 4 is 97.4 Å². The summed E-state index contributed by atoms with van der Waals surface area (Å²) in [6.07, 6.45) is 4.21. The monoisotopic (exact) mass is 670 g/mol. The Hall–Kier alpha value is -1.72. The van der Waals surface area contributed by atoms with E-state index in [1.807, 2.05) is 30.3 Å². The van der Waals surface area contributed by atoms with Gasteiger partial charge in [0, 0.05) is 17.9 Å². The Bertz CT molecular complexity index is 1400. The molecule has 32 heavy (non-hydrogen) atoms. The molecule has 4 heteroatoms. The Kier molecular flexibility index (Phi) is 8.01. The van der Waals surface area contributed by atoms with E-state index in [4.69, 9.17) is 0 Å². The summed E-state index contributed by atoms with van der Waals surface area (Å²) >= 11 is 14.1. The lowest BCUT2D eigenvalue weighted by atomic mass is 10.0. The normalized spacial score (nSPS) is 11.0. The van der Waals surface area contributed by atoms with Crippen molar-refractivity contribution < 1.29 is 0 Å². The van der Waals surface area contributed by atoms with Crippen molar-refractivity contribution in [3.63, 3.8) is 0 Å². The van der Waals surface area contributed by atoms with Crippen molar-refractivity contribution in [2.45, 2.75) is 0 Å². The zero-order valence-corrected chi connectivity index (χ0v) is 23.2. The van der Waals surface area contributed by atoms with Gasteiger partial charge in [0.2, 0.25) is 0 Å². The molecule has 0 atom stereocenters. The minimum Gasteiger partial charge on any atom is -0.0616 e. The van der Waals surface area contributed by atoms with Crippen molar-refractivity contribution in [3.8, 4) is 0 Å². The molecule has 0 bridgehead atoms. The highest BCUT2D eigenvalue weighted by Crippen LogP contribution is 2.31. The van der Waals surface area contributed by atoms with Crippen LogP contribution in [0.4, 0.5) is 0 Å². The molecule has 158 valence electrons. The summed E-state index contributed by atoms with van der Waals surface area (Å²) < 4.78 is 4.48. The average Bonchev–Trinajstić information content (AvgIpc) is 2.80. The first-order valence-corrected chi connectivity index (χ1v) is 13.1. The van der Waals surface area contributed by atoms with Crippen LogP contribution in [-0.2, 0) is 0 Å². The highest BCUT2D eigenvalue weighted by molar-refractivity contribution is 9.11. The Labute approximate surface area is 221 Å². The van der Waals surface area contributed by atoms with E-state index in [1.54, 1.807) is 0 Å². The number of rotatable bonds is 2. The Morgan fingerprint density at radius 1 is 0.469 bits per heavy atom. The van der Waals surface area contributed by atoms with Gasteiger partial charge >= 0.3 is 0 Å². The van der Waals surface area contributed by atoms with Crippen LogP contribution in [0.2, 0.25) is 0 Å². The molecule has 0 heterocycles. The van der Waals surface area contributed by atoms with Crippen molar-refractivity contribution in [2.24, 2.45) is 0 Å². The quantitative estimate of drug-likeness (QED) is 0.129. The van der Waals surface area contributed by atoms with Crippen molar-refractivity contribution in [1.29, 1.82) is 0 Å². The molecule has 0 fully saturated rings. The predicted molar refractivity (Wildman–Crippen MR) is 154 cm³/mol. The molecule has 0 radical (unpaired) electrons. The number of fused-ring (bicyclic) bond motifs is 3. The van der Waals surface area contributed by atoms with Crippen LogP contribution in [0.15, 0.2) is 115 Å². The molecule has 0 nitrogen and oxygen atoms in total. The zero-order valence-electron chi connectivity index (χ0n) is 16.9. The fraction of sp³-hybridized carbons (Fsp3) is 0. The molecule has 0 aliphatic heterocycles. The van der Waals surface area contributed by atoms with E-state index in [0.29, 0.717) is 0 Å². The van der Waals surface area contributed by atoms with Crippen molar-refractivity contribution in [1.82, 2.24) is 0 Å². The van der Waals surface area contributed by atoms with Crippen LogP contribution in [0.3, 0.4) is 0 Å². The van der Waals surface area contributed by atoms with Gasteiger partial charge < -0.3 is 0 Å². The van der Waals surface area contributed by atoms with Gasteiger partial charge in [-0.1, -0.05) is 137 Å². The number of halogens is 4. The van der Waals surface area contributed by atoms with Gasteiger partial charge in [0.05, 0.1) is 0 Å². The number of hydrogen-bond donors (Lipinski definition) is 0. The molecule has 0 aliphatic rings. The van der Waals surface area contributed by atoms with Gasteiger partial charge in [0.1, 0.15) is 0 Å². The molecule has 0 unspecified atom stereocenters. The first kappa shape index (κ1) is 23.4. The minimum atomic E-state index is 1.10. The van der Waals surface area contributed by atoms with Crippen LogP contribution in [0.25, 0.3) is 33.7 Å². The van der Waals surface area contributed by atoms with Gasteiger partial charge in [-0.3, -0.25) is 0 Å². The van der Waals surface area contributed by atoms with E-state index in [0.717, 1.165) is 17.9 Å². The molecule has 5 rings (SSSR count). The highest BCUT2D eigenvalue weighted by atomic mass is 79.9. The fourth-order valence-electron chi connectivity index (χ4n) is 3.39. The second-order valence-corrected chi connectivity index (χ2v) is 10.7. The summed E-state index contributed by atoms with van der Waals surface area (Å²) in [5.74, 6) is 0. The van der Waals surface area contributed by atoms with Gasteiger partial charge in [-0.2, -0.15) is 0 Å². The number of hydrogen-bond acceptors (Lipinski definition) is 0. The molecular formula is C28H18Br4. The molecule has 0 N–H and O–H groups in total. The third-order valence-electron chi connectivity index (χ3n) is 5.02. The first-order valence-electron chi connectivity index (χ1n) is 9.96. The molecule has 0 aliphatic carbocycles. The van der Waals surface area contributed by atoms with E-state index in [9.17, 15) is 0 Å². The molecule has 0 amide bonds. The summed E-state index contributed by atoms with van der Waals surface area (Å²) in [4.78, 5) is 0. The van der Waals surface area contributed by atoms with Gasteiger partial charge in [-0.05, 0) is 69.1 Å². The summed E-state index contributed by atoms with van der Waals surface area (Å²) in [5, 5.41) is 5.10. The molecular weight excluding hydrogens is 656 g/mol. The molecule has 5 aromatic carbocycles. The van der Waals surface area contributed by atoms with Crippen LogP contribution in [0.1, 0.15) is 11.1 Å². The summed E-state index contributed by atoms with van der Waals surface area (Å²) in [6, 6.07) is 33.4. The Morgan fingerprint density at radius 3 is 1.94 bits per heavy atom. The molecule has 5 aromatic rings. The number of benzene rings is 5. The lowest BCUT2D eigenvalue weighted by molar-refractivity contribution is 1.59. The summed E-state index contributed by atoms with van der Waals surface area (Å²) in [6.45, 7) is 0. The van der Waals surface area contributed by atoms with Crippen LogP contribution >= 0.6 is 63.7 Å². The topological polar surface area (TPSA) is 0 Å². The van der Waals surface area contributed by atoms with E-state index < -0.39 is 0 Å². The molecule has 0 saturated heterocycles. The van der Waals surface area contributed by atoms with Gasteiger partial charge in [0.15, 0.2) is 0 Å². The van der Waals surface area contributed by atoms with E-state index >= 15 is 0 Å². The maximum absolute atomic E-state index is 3.59. The average molecular weight is 674 g/mol. The standard InChI is InChI=1S/C14H8Br2.C14H10Br2/c15-10-6-4-9-5-7-12-11(13(9)8-10)2-1-3-14(12)16;15-13-9-6-11(7-10-13)5-8-12-3-1-2-4-14(12)16/h1-8H;1-10H/b;8-5+. The zero-order chi connectivity index (χ0) is 22.5. The maximum Gasteiger partial charge on any atom is 0.0253 e. The molecule has 0 saturated carbocycles. The second kappa shape index (κ2) is 10.9. The van der Waals surface area contributed by atoms with E-state index in [2.05, 4.69) is 143 Å². The second-order valence-electron chi connectivity index (χ2n) is 7.17.